The third-order valence-corrected chi connectivity index (χ3v) is 3.88. The van der Waals surface area contributed by atoms with E-state index in [0.29, 0.717) is 5.92 Å². The molecular formula is C14H26N2O2. The van der Waals surface area contributed by atoms with Gasteiger partial charge in [-0.25, -0.2) is 4.79 Å². The topological polar surface area (TPSA) is 41.6 Å². The molecule has 0 spiro atoms. The Morgan fingerprint density at radius 3 is 2.78 bits per heavy atom. The van der Waals surface area contributed by atoms with Crippen molar-refractivity contribution in [1.29, 1.82) is 0 Å². The molecule has 4 nitrogen and oxygen atoms in total. The SMILES string of the molecule is CC(C)(C)OC(=O)N1CC[C@H]2CCCNC[C@@H]2C1. The first-order valence-electron chi connectivity index (χ1n) is 7.14. The lowest BCUT2D eigenvalue weighted by atomic mass is 9.83. The van der Waals surface area contributed by atoms with Gasteiger partial charge in [0.1, 0.15) is 5.60 Å². The molecule has 2 heterocycles. The summed E-state index contributed by atoms with van der Waals surface area (Å²) in [4.78, 5) is 13.9. The summed E-state index contributed by atoms with van der Waals surface area (Å²) < 4.78 is 5.45. The monoisotopic (exact) mass is 254 g/mol. The van der Waals surface area contributed by atoms with Crippen molar-refractivity contribution in [3.8, 4) is 0 Å². The van der Waals surface area contributed by atoms with Gasteiger partial charge in [-0.15, -0.1) is 0 Å². The number of piperidine rings is 1. The van der Waals surface area contributed by atoms with Crippen molar-refractivity contribution in [3.63, 3.8) is 0 Å². The summed E-state index contributed by atoms with van der Waals surface area (Å²) in [5, 5.41) is 3.48. The predicted octanol–water partition coefficient (Wildman–Crippen LogP) is 2.24. The maximum absolute atomic E-state index is 12.1. The van der Waals surface area contributed by atoms with Crippen molar-refractivity contribution in [1.82, 2.24) is 10.2 Å². The van der Waals surface area contributed by atoms with Gasteiger partial charge in [-0.1, -0.05) is 0 Å². The number of likely N-dealkylation sites (tertiary alicyclic amines) is 1. The summed E-state index contributed by atoms with van der Waals surface area (Å²) in [6, 6.07) is 0. The van der Waals surface area contributed by atoms with Gasteiger partial charge in [0.15, 0.2) is 0 Å². The largest absolute Gasteiger partial charge is 0.444 e. The average Bonchev–Trinajstić information content (AvgIpc) is 2.50. The lowest BCUT2D eigenvalue weighted by Gasteiger charge is -2.38. The van der Waals surface area contributed by atoms with Gasteiger partial charge in [0.05, 0.1) is 0 Å². The number of fused-ring (bicyclic) bond motifs is 1. The van der Waals surface area contributed by atoms with Crippen LogP contribution in [-0.2, 0) is 4.74 Å². The Balaban J connectivity index is 1.91. The van der Waals surface area contributed by atoms with Crippen LogP contribution in [0.1, 0.15) is 40.0 Å². The first-order valence-corrected chi connectivity index (χ1v) is 7.14. The third-order valence-electron chi connectivity index (χ3n) is 3.88. The van der Waals surface area contributed by atoms with Crippen molar-refractivity contribution in [2.75, 3.05) is 26.2 Å². The minimum absolute atomic E-state index is 0.148. The molecule has 104 valence electrons. The van der Waals surface area contributed by atoms with Crippen LogP contribution < -0.4 is 5.32 Å². The molecule has 1 amide bonds. The number of amides is 1. The lowest BCUT2D eigenvalue weighted by molar-refractivity contribution is 0.0106. The summed E-state index contributed by atoms with van der Waals surface area (Å²) in [5.74, 6) is 1.40. The normalized spacial score (nSPS) is 29.4. The number of nitrogens with one attached hydrogen (secondary N) is 1. The fourth-order valence-corrected chi connectivity index (χ4v) is 2.96. The standard InChI is InChI=1S/C14H26N2O2/c1-14(2,3)18-13(17)16-8-6-11-5-4-7-15-9-12(11)10-16/h11-12,15H,4-10H2,1-3H3/t11-,12-/m1/s1. The highest BCUT2D eigenvalue weighted by Gasteiger charge is 2.33. The quantitative estimate of drug-likeness (QED) is 0.721. The molecule has 0 unspecified atom stereocenters. The molecule has 1 N–H and O–H groups in total. The number of rotatable bonds is 0. The predicted molar refractivity (Wildman–Crippen MR) is 71.5 cm³/mol. The van der Waals surface area contributed by atoms with Gasteiger partial charge in [-0.2, -0.15) is 0 Å². The van der Waals surface area contributed by atoms with E-state index in [1.165, 1.54) is 12.8 Å². The van der Waals surface area contributed by atoms with Crippen molar-refractivity contribution in [3.05, 3.63) is 0 Å². The Labute approximate surface area is 110 Å². The van der Waals surface area contributed by atoms with Crippen LogP contribution in [0.3, 0.4) is 0 Å². The van der Waals surface area contributed by atoms with Gasteiger partial charge in [-0.05, 0) is 65.0 Å². The Hall–Kier alpha value is -0.770. The minimum atomic E-state index is -0.393. The van der Waals surface area contributed by atoms with E-state index in [1.807, 2.05) is 25.7 Å². The second kappa shape index (κ2) is 5.47. The summed E-state index contributed by atoms with van der Waals surface area (Å²) >= 11 is 0. The molecule has 2 fully saturated rings. The lowest BCUT2D eigenvalue weighted by Crippen LogP contribution is -2.47. The maximum atomic E-state index is 12.1. The Morgan fingerprint density at radius 2 is 2.06 bits per heavy atom. The van der Waals surface area contributed by atoms with Gasteiger partial charge in [0.2, 0.25) is 0 Å². The molecule has 0 aromatic carbocycles. The molecule has 2 atom stereocenters. The highest BCUT2D eigenvalue weighted by Crippen LogP contribution is 2.29. The summed E-state index contributed by atoms with van der Waals surface area (Å²) in [7, 11) is 0. The van der Waals surface area contributed by atoms with Crippen molar-refractivity contribution >= 4 is 6.09 Å². The highest BCUT2D eigenvalue weighted by molar-refractivity contribution is 5.68. The number of carbonyl (C=O) groups is 1. The van der Waals surface area contributed by atoms with Crippen LogP contribution in [0.2, 0.25) is 0 Å². The molecule has 2 aliphatic rings. The molecule has 2 saturated heterocycles. The van der Waals surface area contributed by atoms with Crippen LogP contribution in [0, 0.1) is 11.8 Å². The van der Waals surface area contributed by atoms with E-state index in [1.54, 1.807) is 0 Å². The van der Waals surface area contributed by atoms with Crippen LogP contribution in [0.15, 0.2) is 0 Å². The number of hydrogen-bond donors (Lipinski definition) is 1. The van der Waals surface area contributed by atoms with E-state index < -0.39 is 5.60 Å². The first kappa shape index (κ1) is 13.7. The molecule has 0 saturated carbocycles. The molecule has 0 aromatic rings. The number of carbonyl (C=O) groups excluding carboxylic acids is 1. The smallest absolute Gasteiger partial charge is 0.410 e. The van der Waals surface area contributed by atoms with E-state index in [-0.39, 0.29) is 6.09 Å². The Kier molecular flexibility index (Phi) is 4.15. The van der Waals surface area contributed by atoms with E-state index in [0.717, 1.165) is 38.5 Å². The molecule has 18 heavy (non-hydrogen) atoms. The van der Waals surface area contributed by atoms with E-state index in [9.17, 15) is 4.79 Å². The van der Waals surface area contributed by atoms with Gasteiger partial charge < -0.3 is 15.0 Å². The van der Waals surface area contributed by atoms with Gasteiger partial charge in [-0.3, -0.25) is 0 Å². The van der Waals surface area contributed by atoms with E-state index in [2.05, 4.69) is 5.32 Å². The number of hydrogen-bond acceptors (Lipinski definition) is 3. The highest BCUT2D eigenvalue weighted by atomic mass is 16.6. The minimum Gasteiger partial charge on any atom is -0.444 e. The second-order valence-electron chi connectivity index (χ2n) is 6.58. The maximum Gasteiger partial charge on any atom is 0.410 e. The zero-order chi connectivity index (χ0) is 13.2. The molecule has 0 aromatic heterocycles. The summed E-state index contributed by atoms with van der Waals surface area (Å²) in [6.45, 7) is 9.65. The van der Waals surface area contributed by atoms with Gasteiger partial charge >= 0.3 is 6.09 Å². The van der Waals surface area contributed by atoms with Crippen molar-refractivity contribution in [2.24, 2.45) is 11.8 Å². The number of ether oxygens (including phenoxy) is 1. The fraction of sp³-hybridized carbons (Fsp3) is 0.929. The van der Waals surface area contributed by atoms with Crippen LogP contribution in [-0.4, -0.2) is 42.8 Å². The Morgan fingerprint density at radius 1 is 1.28 bits per heavy atom. The number of nitrogens with zero attached hydrogens (tertiary/aromatic N) is 1. The zero-order valence-corrected chi connectivity index (χ0v) is 11.9. The van der Waals surface area contributed by atoms with Crippen molar-refractivity contribution < 1.29 is 9.53 Å². The zero-order valence-electron chi connectivity index (χ0n) is 11.9. The molecule has 4 heteroatoms. The third kappa shape index (κ3) is 3.61. The molecular weight excluding hydrogens is 228 g/mol. The van der Waals surface area contributed by atoms with E-state index >= 15 is 0 Å². The summed E-state index contributed by atoms with van der Waals surface area (Å²) in [6.07, 6.45) is 3.56. The molecule has 0 aliphatic carbocycles. The van der Waals surface area contributed by atoms with Crippen LogP contribution in [0.25, 0.3) is 0 Å². The van der Waals surface area contributed by atoms with Crippen LogP contribution in [0.5, 0.6) is 0 Å². The second-order valence-corrected chi connectivity index (χ2v) is 6.58. The van der Waals surface area contributed by atoms with Crippen LogP contribution in [0.4, 0.5) is 4.79 Å². The van der Waals surface area contributed by atoms with E-state index in [4.69, 9.17) is 4.74 Å². The molecule has 2 rings (SSSR count). The Bertz CT molecular complexity index is 299. The van der Waals surface area contributed by atoms with Gasteiger partial charge in [0.25, 0.3) is 0 Å². The first-order chi connectivity index (χ1) is 8.46. The molecule has 2 aliphatic heterocycles. The molecule has 0 bridgehead atoms. The van der Waals surface area contributed by atoms with Gasteiger partial charge in [0, 0.05) is 13.1 Å². The summed E-state index contributed by atoms with van der Waals surface area (Å²) in [5.41, 5.74) is -0.393. The fourth-order valence-electron chi connectivity index (χ4n) is 2.96. The van der Waals surface area contributed by atoms with Crippen molar-refractivity contribution in [2.45, 2.75) is 45.6 Å². The molecule has 0 radical (unpaired) electrons. The average molecular weight is 254 g/mol. The van der Waals surface area contributed by atoms with Crippen LogP contribution >= 0.6 is 0 Å².